The van der Waals surface area contributed by atoms with Crippen molar-refractivity contribution in [2.45, 2.75) is 17.4 Å². The third-order valence-corrected chi connectivity index (χ3v) is 4.22. The van der Waals surface area contributed by atoms with Crippen LogP contribution in [0.5, 0.6) is 0 Å². The molecule has 3 aromatic rings. The summed E-state index contributed by atoms with van der Waals surface area (Å²) in [4.78, 5) is 27.0. The van der Waals surface area contributed by atoms with Gasteiger partial charge in [-0.25, -0.2) is 4.98 Å². The van der Waals surface area contributed by atoms with E-state index in [1.54, 1.807) is 25.1 Å². The van der Waals surface area contributed by atoms with Gasteiger partial charge in [-0.15, -0.1) is 0 Å². The molecule has 0 fully saturated rings. The molecule has 1 atom stereocenters. The van der Waals surface area contributed by atoms with Gasteiger partial charge >= 0.3 is 0 Å². The summed E-state index contributed by atoms with van der Waals surface area (Å²) < 4.78 is 5.56. The quantitative estimate of drug-likeness (QED) is 0.429. The molecule has 0 spiro atoms. The Hall–Kier alpha value is -2.87. The molecule has 0 aliphatic carbocycles. The number of anilines is 1. The summed E-state index contributed by atoms with van der Waals surface area (Å²) in [6, 6.07) is 13.3. The number of nitrogens with one attached hydrogen (secondary N) is 1. The van der Waals surface area contributed by atoms with E-state index in [-0.39, 0.29) is 17.3 Å². The molecule has 1 aromatic heterocycles. The molecule has 8 heteroatoms. The number of nitro groups is 1. The van der Waals surface area contributed by atoms with Gasteiger partial charge in [0.25, 0.3) is 10.9 Å². The summed E-state index contributed by atoms with van der Waals surface area (Å²) in [5, 5.41) is 13.4. The van der Waals surface area contributed by atoms with Gasteiger partial charge in [0.05, 0.1) is 10.2 Å². The number of hydrogen-bond donors (Lipinski definition) is 1. The van der Waals surface area contributed by atoms with Crippen LogP contribution in [0.4, 0.5) is 11.4 Å². The van der Waals surface area contributed by atoms with Crippen LogP contribution in [0.15, 0.2) is 58.2 Å². The second kappa shape index (κ2) is 6.71. The number of oxazole rings is 1. The highest BCUT2D eigenvalue weighted by Crippen LogP contribution is 2.28. The fraction of sp³-hybridized carbons (Fsp3) is 0.125. The molecule has 1 heterocycles. The number of rotatable bonds is 5. The molecule has 0 saturated carbocycles. The number of fused-ring (bicyclic) bond motifs is 1. The number of carbonyl (C=O) groups is 1. The number of nitro benzene ring substituents is 1. The van der Waals surface area contributed by atoms with Crippen molar-refractivity contribution in [3.8, 4) is 0 Å². The van der Waals surface area contributed by atoms with E-state index in [1.807, 2.05) is 18.2 Å². The van der Waals surface area contributed by atoms with Gasteiger partial charge in [-0.2, -0.15) is 0 Å². The summed E-state index contributed by atoms with van der Waals surface area (Å²) in [5.74, 6) is -0.364. The number of amides is 1. The Balaban J connectivity index is 1.72. The minimum absolute atomic E-state index is 0.148. The lowest BCUT2D eigenvalue weighted by Crippen LogP contribution is -2.22. The monoisotopic (exact) mass is 343 g/mol. The zero-order chi connectivity index (χ0) is 17.1. The van der Waals surface area contributed by atoms with E-state index in [9.17, 15) is 14.9 Å². The average Bonchev–Trinajstić information content (AvgIpc) is 2.97. The topological polar surface area (TPSA) is 98.3 Å². The maximum Gasteiger partial charge on any atom is 0.292 e. The Morgan fingerprint density at radius 1 is 1.25 bits per heavy atom. The van der Waals surface area contributed by atoms with Crippen molar-refractivity contribution in [1.29, 1.82) is 0 Å². The van der Waals surface area contributed by atoms with Crippen molar-refractivity contribution in [3.05, 3.63) is 58.6 Å². The molecule has 2 aromatic carbocycles. The van der Waals surface area contributed by atoms with Crippen molar-refractivity contribution < 1.29 is 14.1 Å². The fourth-order valence-corrected chi connectivity index (χ4v) is 2.84. The Labute approximate surface area is 141 Å². The molecule has 0 saturated heterocycles. The Bertz CT molecular complexity index is 876. The molecule has 1 N–H and O–H groups in total. The van der Waals surface area contributed by atoms with E-state index < -0.39 is 10.2 Å². The third-order valence-electron chi connectivity index (χ3n) is 3.28. The number of benzene rings is 2. The molecule has 7 nitrogen and oxygen atoms in total. The van der Waals surface area contributed by atoms with E-state index in [0.29, 0.717) is 16.3 Å². The van der Waals surface area contributed by atoms with Crippen LogP contribution >= 0.6 is 11.8 Å². The lowest BCUT2D eigenvalue weighted by molar-refractivity contribution is -0.383. The molecule has 3 rings (SSSR count). The zero-order valence-electron chi connectivity index (χ0n) is 12.6. The van der Waals surface area contributed by atoms with Crippen molar-refractivity contribution in [2.75, 3.05) is 5.32 Å². The van der Waals surface area contributed by atoms with Crippen LogP contribution in [0.1, 0.15) is 6.92 Å². The fourth-order valence-electron chi connectivity index (χ4n) is 2.08. The van der Waals surface area contributed by atoms with E-state index in [4.69, 9.17) is 4.42 Å². The number of carbonyl (C=O) groups excluding carboxylic acids is 1. The largest absolute Gasteiger partial charge is 0.431 e. The third kappa shape index (κ3) is 3.38. The zero-order valence-corrected chi connectivity index (χ0v) is 13.4. The Morgan fingerprint density at radius 3 is 2.71 bits per heavy atom. The second-order valence-corrected chi connectivity index (χ2v) is 6.26. The smallest absolute Gasteiger partial charge is 0.292 e. The summed E-state index contributed by atoms with van der Waals surface area (Å²) in [5.41, 5.74) is 1.38. The van der Waals surface area contributed by atoms with Crippen LogP contribution < -0.4 is 5.32 Å². The van der Waals surface area contributed by atoms with E-state index in [1.165, 1.54) is 12.1 Å². The summed E-state index contributed by atoms with van der Waals surface area (Å²) >= 11 is 1.15. The maximum absolute atomic E-state index is 12.3. The lowest BCUT2D eigenvalue weighted by Gasteiger charge is -2.10. The van der Waals surface area contributed by atoms with Gasteiger partial charge in [-0.05, 0) is 25.1 Å². The van der Waals surface area contributed by atoms with Gasteiger partial charge in [-0.1, -0.05) is 36.0 Å². The van der Waals surface area contributed by atoms with Gasteiger partial charge in [-0.3, -0.25) is 14.9 Å². The highest BCUT2D eigenvalue weighted by atomic mass is 32.2. The van der Waals surface area contributed by atoms with Crippen molar-refractivity contribution in [2.24, 2.45) is 0 Å². The molecular formula is C16H13N3O4S. The highest BCUT2D eigenvalue weighted by molar-refractivity contribution is 8.00. The molecule has 0 bridgehead atoms. The van der Waals surface area contributed by atoms with Crippen LogP contribution in [0, 0.1) is 10.1 Å². The maximum atomic E-state index is 12.3. The number of aromatic nitrogens is 1. The second-order valence-electron chi connectivity index (χ2n) is 4.97. The standard InChI is InChI=1S/C16H13N3O4S/c1-10(24-16-18-12-7-3-5-9-14(12)23-16)15(20)17-11-6-2-4-8-13(11)19(21)22/h2-10H,1H3,(H,17,20). The first-order valence-electron chi connectivity index (χ1n) is 7.11. The van der Waals surface area contributed by atoms with Crippen molar-refractivity contribution in [1.82, 2.24) is 4.98 Å². The Morgan fingerprint density at radius 2 is 1.96 bits per heavy atom. The number of para-hydroxylation sites is 4. The minimum Gasteiger partial charge on any atom is -0.431 e. The van der Waals surface area contributed by atoms with E-state index >= 15 is 0 Å². The Kier molecular flexibility index (Phi) is 4.48. The normalized spacial score (nSPS) is 12.0. The minimum atomic E-state index is -0.534. The predicted molar refractivity (Wildman–Crippen MR) is 91.1 cm³/mol. The summed E-state index contributed by atoms with van der Waals surface area (Å²) in [7, 11) is 0. The van der Waals surface area contributed by atoms with Crippen LogP contribution in [0.2, 0.25) is 0 Å². The first-order chi connectivity index (χ1) is 11.5. The predicted octanol–water partition coefficient (Wildman–Crippen LogP) is 3.86. The first-order valence-corrected chi connectivity index (χ1v) is 7.99. The molecule has 0 radical (unpaired) electrons. The highest BCUT2D eigenvalue weighted by Gasteiger charge is 2.21. The van der Waals surface area contributed by atoms with Crippen LogP contribution in [0.25, 0.3) is 11.1 Å². The molecule has 24 heavy (non-hydrogen) atoms. The lowest BCUT2D eigenvalue weighted by atomic mass is 10.2. The molecule has 1 unspecified atom stereocenters. The average molecular weight is 343 g/mol. The summed E-state index contributed by atoms with van der Waals surface area (Å²) in [6.45, 7) is 1.68. The molecule has 1 amide bonds. The number of hydrogen-bond acceptors (Lipinski definition) is 6. The molecule has 0 aliphatic rings. The molecule has 122 valence electrons. The number of thioether (sulfide) groups is 1. The van der Waals surface area contributed by atoms with Gasteiger partial charge in [0.1, 0.15) is 11.2 Å². The van der Waals surface area contributed by atoms with Gasteiger partial charge in [0, 0.05) is 6.07 Å². The van der Waals surface area contributed by atoms with Crippen LogP contribution in [-0.2, 0) is 4.79 Å². The summed E-state index contributed by atoms with van der Waals surface area (Å²) in [6.07, 6.45) is 0. The first kappa shape index (κ1) is 16.0. The van der Waals surface area contributed by atoms with E-state index in [0.717, 1.165) is 11.8 Å². The van der Waals surface area contributed by atoms with Crippen molar-refractivity contribution >= 4 is 40.1 Å². The van der Waals surface area contributed by atoms with E-state index in [2.05, 4.69) is 10.3 Å². The number of nitrogens with zero attached hydrogens (tertiary/aromatic N) is 2. The van der Waals surface area contributed by atoms with Gasteiger partial charge in [0.15, 0.2) is 5.58 Å². The van der Waals surface area contributed by atoms with Crippen LogP contribution in [0.3, 0.4) is 0 Å². The van der Waals surface area contributed by atoms with Gasteiger partial charge in [0.2, 0.25) is 5.91 Å². The SMILES string of the molecule is CC(Sc1nc2ccccc2o1)C(=O)Nc1ccccc1[N+](=O)[O-]. The molecule has 0 aliphatic heterocycles. The van der Waals surface area contributed by atoms with Crippen LogP contribution in [-0.4, -0.2) is 21.1 Å². The van der Waals surface area contributed by atoms with Crippen molar-refractivity contribution in [3.63, 3.8) is 0 Å². The van der Waals surface area contributed by atoms with Gasteiger partial charge < -0.3 is 9.73 Å². The molecular weight excluding hydrogens is 330 g/mol.